The van der Waals surface area contributed by atoms with Crippen LogP contribution in [-0.4, -0.2) is 36.5 Å². The number of hydrogen-bond acceptors (Lipinski definition) is 2. The van der Waals surface area contributed by atoms with Crippen LogP contribution in [-0.2, 0) is 0 Å². The largest absolute Gasteiger partial charge is 0.333 e. The van der Waals surface area contributed by atoms with Gasteiger partial charge in [-0.1, -0.05) is 17.2 Å². The first-order chi connectivity index (χ1) is 8.08. The first kappa shape index (κ1) is 12.1. The lowest BCUT2D eigenvalue weighted by molar-refractivity contribution is 0.0655. The van der Waals surface area contributed by atoms with Crippen LogP contribution in [0.3, 0.4) is 0 Å². The molecule has 0 bridgehead atoms. The highest BCUT2D eigenvalue weighted by Gasteiger charge is 2.23. The maximum absolute atomic E-state index is 12.4. The molecule has 17 heavy (non-hydrogen) atoms. The van der Waals surface area contributed by atoms with Crippen LogP contribution in [0.1, 0.15) is 28.4 Å². The topological polar surface area (TPSA) is 32.3 Å². The molecule has 1 atom stereocenters. The molecule has 1 heterocycles. The van der Waals surface area contributed by atoms with E-state index in [9.17, 15) is 4.79 Å². The standard InChI is InChI=1S/C14H20N2O/c1-10-6-11(2)8-13(7-10)14(17)16-5-4-15-9-12(16)3/h6-8,12,15H,4-5,9H2,1-3H3/t12-/m1/s1. The van der Waals surface area contributed by atoms with Gasteiger partial charge in [0.05, 0.1) is 0 Å². The summed E-state index contributed by atoms with van der Waals surface area (Å²) in [7, 11) is 0. The number of aryl methyl sites for hydroxylation is 2. The van der Waals surface area contributed by atoms with Crippen molar-refractivity contribution in [1.29, 1.82) is 0 Å². The highest BCUT2D eigenvalue weighted by atomic mass is 16.2. The molecule has 1 saturated heterocycles. The van der Waals surface area contributed by atoms with Crippen molar-refractivity contribution in [3.63, 3.8) is 0 Å². The van der Waals surface area contributed by atoms with E-state index in [-0.39, 0.29) is 11.9 Å². The maximum atomic E-state index is 12.4. The van der Waals surface area contributed by atoms with Gasteiger partial charge in [0.2, 0.25) is 0 Å². The lowest BCUT2D eigenvalue weighted by Gasteiger charge is -2.34. The lowest BCUT2D eigenvalue weighted by atomic mass is 10.1. The molecule has 1 aliphatic heterocycles. The van der Waals surface area contributed by atoms with E-state index in [0.29, 0.717) is 0 Å². The van der Waals surface area contributed by atoms with E-state index < -0.39 is 0 Å². The third-order valence-electron chi connectivity index (χ3n) is 3.23. The van der Waals surface area contributed by atoms with Crippen molar-refractivity contribution in [2.45, 2.75) is 26.8 Å². The van der Waals surface area contributed by atoms with Gasteiger partial charge in [-0.05, 0) is 32.9 Å². The third-order valence-corrected chi connectivity index (χ3v) is 3.23. The molecule has 0 aliphatic carbocycles. The quantitative estimate of drug-likeness (QED) is 0.800. The zero-order valence-corrected chi connectivity index (χ0v) is 10.8. The molecule has 0 saturated carbocycles. The summed E-state index contributed by atoms with van der Waals surface area (Å²) in [4.78, 5) is 14.4. The van der Waals surface area contributed by atoms with Crippen LogP contribution in [0.15, 0.2) is 18.2 Å². The van der Waals surface area contributed by atoms with Crippen molar-refractivity contribution >= 4 is 5.91 Å². The molecule has 0 spiro atoms. The maximum Gasteiger partial charge on any atom is 0.254 e. The molecule has 1 fully saturated rings. The summed E-state index contributed by atoms with van der Waals surface area (Å²) in [6.07, 6.45) is 0. The number of carbonyl (C=O) groups is 1. The van der Waals surface area contributed by atoms with Gasteiger partial charge < -0.3 is 10.2 Å². The molecule has 1 aromatic carbocycles. The van der Waals surface area contributed by atoms with Gasteiger partial charge in [-0.3, -0.25) is 4.79 Å². The van der Waals surface area contributed by atoms with Crippen molar-refractivity contribution in [2.75, 3.05) is 19.6 Å². The summed E-state index contributed by atoms with van der Waals surface area (Å²) in [5.41, 5.74) is 3.11. The monoisotopic (exact) mass is 232 g/mol. The van der Waals surface area contributed by atoms with Gasteiger partial charge in [0.1, 0.15) is 0 Å². The van der Waals surface area contributed by atoms with Crippen molar-refractivity contribution < 1.29 is 4.79 Å². The van der Waals surface area contributed by atoms with Crippen molar-refractivity contribution in [3.8, 4) is 0 Å². The predicted molar refractivity (Wildman–Crippen MR) is 69.3 cm³/mol. The molecule has 1 N–H and O–H groups in total. The predicted octanol–water partition coefficient (Wildman–Crippen LogP) is 1.74. The summed E-state index contributed by atoms with van der Waals surface area (Å²) >= 11 is 0. The highest BCUT2D eigenvalue weighted by molar-refractivity contribution is 5.94. The molecule has 92 valence electrons. The first-order valence-corrected chi connectivity index (χ1v) is 6.18. The van der Waals surface area contributed by atoms with Gasteiger partial charge in [-0.15, -0.1) is 0 Å². The molecule has 1 aromatic rings. The summed E-state index contributed by atoms with van der Waals surface area (Å²) in [5.74, 6) is 0.158. The Hall–Kier alpha value is -1.35. The van der Waals surface area contributed by atoms with Crippen LogP contribution in [0.5, 0.6) is 0 Å². The molecule has 2 rings (SSSR count). The van der Waals surface area contributed by atoms with Crippen LogP contribution in [0.2, 0.25) is 0 Å². The zero-order chi connectivity index (χ0) is 12.4. The minimum atomic E-state index is 0.158. The third kappa shape index (κ3) is 2.67. The molecule has 0 aromatic heterocycles. The van der Waals surface area contributed by atoms with E-state index in [1.54, 1.807) is 0 Å². The molecular weight excluding hydrogens is 212 g/mol. The number of carbonyl (C=O) groups excluding carboxylic acids is 1. The molecule has 1 amide bonds. The second kappa shape index (κ2) is 4.88. The molecule has 3 nitrogen and oxygen atoms in total. The van der Waals surface area contributed by atoms with Gasteiger partial charge in [-0.2, -0.15) is 0 Å². The molecular formula is C14H20N2O. The van der Waals surface area contributed by atoms with E-state index in [0.717, 1.165) is 36.3 Å². The van der Waals surface area contributed by atoms with Crippen molar-refractivity contribution in [3.05, 3.63) is 34.9 Å². The summed E-state index contributed by atoms with van der Waals surface area (Å²) in [5, 5.41) is 3.30. The average molecular weight is 232 g/mol. The van der Waals surface area contributed by atoms with Gasteiger partial charge >= 0.3 is 0 Å². The fourth-order valence-corrected chi connectivity index (χ4v) is 2.41. The molecule has 0 radical (unpaired) electrons. The van der Waals surface area contributed by atoms with Gasteiger partial charge in [0, 0.05) is 31.2 Å². The minimum Gasteiger partial charge on any atom is -0.333 e. The number of piperazine rings is 1. The number of nitrogens with zero attached hydrogens (tertiary/aromatic N) is 1. The van der Waals surface area contributed by atoms with Crippen LogP contribution in [0.4, 0.5) is 0 Å². The van der Waals surface area contributed by atoms with E-state index in [4.69, 9.17) is 0 Å². The average Bonchev–Trinajstić information content (AvgIpc) is 2.27. The summed E-state index contributed by atoms with van der Waals surface area (Å²) < 4.78 is 0. The fraction of sp³-hybridized carbons (Fsp3) is 0.500. The summed E-state index contributed by atoms with van der Waals surface area (Å²) in [6.45, 7) is 8.73. The SMILES string of the molecule is Cc1cc(C)cc(C(=O)N2CCNC[C@H]2C)c1. The Labute approximate surface area is 103 Å². The zero-order valence-electron chi connectivity index (χ0n) is 10.8. The molecule has 1 aliphatic rings. The lowest BCUT2D eigenvalue weighted by Crippen LogP contribution is -2.52. The Morgan fingerprint density at radius 2 is 1.94 bits per heavy atom. The van der Waals surface area contributed by atoms with Gasteiger partial charge in [0.25, 0.3) is 5.91 Å². The van der Waals surface area contributed by atoms with Crippen LogP contribution < -0.4 is 5.32 Å². The second-order valence-electron chi connectivity index (χ2n) is 4.93. The fourth-order valence-electron chi connectivity index (χ4n) is 2.41. The Morgan fingerprint density at radius 3 is 2.53 bits per heavy atom. The van der Waals surface area contributed by atoms with E-state index in [2.05, 4.69) is 18.3 Å². The second-order valence-corrected chi connectivity index (χ2v) is 4.93. The van der Waals surface area contributed by atoms with Gasteiger partial charge in [0.15, 0.2) is 0 Å². The highest BCUT2D eigenvalue weighted by Crippen LogP contribution is 2.14. The van der Waals surface area contributed by atoms with E-state index in [1.165, 1.54) is 0 Å². The Morgan fingerprint density at radius 1 is 1.29 bits per heavy atom. The number of nitrogens with one attached hydrogen (secondary N) is 1. The Balaban J connectivity index is 2.23. The number of rotatable bonds is 1. The Kier molecular flexibility index (Phi) is 3.48. The number of benzene rings is 1. The van der Waals surface area contributed by atoms with E-state index >= 15 is 0 Å². The minimum absolute atomic E-state index is 0.158. The van der Waals surface area contributed by atoms with Crippen molar-refractivity contribution in [1.82, 2.24) is 10.2 Å². The smallest absolute Gasteiger partial charge is 0.254 e. The summed E-state index contributed by atoms with van der Waals surface area (Å²) in [6, 6.07) is 6.32. The van der Waals surface area contributed by atoms with E-state index in [1.807, 2.05) is 30.9 Å². The number of hydrogen-bond donors (Lipinski definition) is 1. The van der Waals surface area contributed by atoms with Crippen LogP contribution >= 0.6 is 0 Å². The Bertz CT molecular complexity index is 408. The van der Waals surface area contributed by atoms with Gasteiger partial charge in [-0.25, -0.2) is 0 Å². The van der Waals surface area contributed by atoms with Crippen LogP contribution in [0.25, 0.3) is 0 Å². The first-order valence-electron chi connectivity index (χ1n) is 6.18. The molecule has 0 unspecified atom stereocenters. The number of amides is 1. The normalized spacial score (nSPS) is 20.4. The van der Waals surface area contributed by atoms with Crippen molar-refractivity contribution in [2.24, 2.45) is 0 Å². The molecule has 3 heteroatoms. The van der Waals surface area contributed by atoms with Crippen LogP contribution in [0, 0.1) is 13.8 Å².